The van der Waals surface area contributed by atoms with Crippen LogP contribution in [0.2, 0.25) is 0 Å². The van der Waals surface area contributed by atoms with Crippen LogP contribution in [-0.2, 0) is 4.79 Å². The number of aryl methyl sites for hydroxylation is 1. The van der Waals surface area contributed by atoms with Crippen molar-refractivity contribution >= 4 is 17.3 Å². The molecule has 2 aromatic rings. The molecule has 0 aliphatic carbocycles. The molecule has 0 bridgehead atoms. The maximum atomic E-state index is 11.5. The van der Waals surface area contributed by atoms with E-state index in [1.165, 1.54) is 6.08 Å². The SMILES string of the molecule is C=CC(=O)Nc1cc(C(N)c2ccccc2N)ccc1C. The van der Waals surface area contributed by atoms with Crippen molar-refractivity contribution in [1.82, 2.24) is 0 Å². The molecule has 108 valence electrons. The lowest BCUT2D eigenvalue weighted by Gasteiger charge is -2.17. The molecule has 0 radical (unpaired) electrons. The topological polar surface area (TPSA) is 81.1 Å². The van der Waals surface area contributed by atoms with E-state index in [4.69, 9.17) is 11.5 Å². The molecule has 5 N–H and O–H groups in total. The van der Waals surface area contributed by atoms with Crippen molar-refractivity contribution in [2.45, 2.75) is 13.0 Å². The van der Waals surface area contributed by atoms with Crippen molar-refractivity contribution < 1.29 is 4.79 Å². The Hall–Kier alpha value is -2.59. The van der Waals surface area contributed by atoms with Crippen LogP contribution in [-0.4, -0.2) is 5.91 Å². The Bertz CT molecular complexity index is 679. The van der Waals surface area contributed by atoms with Gasteiger partial charge in [-0.25, -0.2) is 0 Å². The summed E-state index contributed by atoms with van der Waals surface area (Å²) >= 11 is 0. The van der Waals surface area contributed by atoms with E-state index in [9.17, 15) is 4.79 Å². The molecule has 4 nitrogen and oxygen atoms in total. The highest BCUT2D eigenvalue weighted by Crippen LogP contribution is 2.27. The van der Waals surface area contributed by atoms with Gasteiger partial charge < -0.3 is 16.8 Å². The predicted molar refractivity (Wildman–Crippen MR) is 86.9 cm³/mol. The summed E-state index contributed by atoms with van der Waals surface area (Å²) < 4.78 is 0. The fraction of sp³-hybridized carbons (Fsp3) is 0.118. The van der Waals surface area contributed by atoms with Crippen LogP contribution >= 0.6 is 0 Å². The minimum Gasteiger partial charge on any atom is -0.398 e. The average Bonchev–Trinajstić information content (AvgIpc) is 2.49. The molecule has 4 heteroatoms. The summed E-state index contributed by atoms with van der Waals surface area (Å²) in [6.07, 6.45) is 1.24. The maximum Gasteiger partial charge on any atom is 0.247 e. The maximum absolute atomic E-state index is 11.5. The van der Waals surface area contributed by atoms with E-state index in [0.29, 0.717) is 5.69 Å². The smallest absolute Gasteiger partial charge is 0.247 e. The highest BCUT2D eigenvalue weighted by molar-refractivity contribution is 5.99. The highest BCUT2D eigenvalue weighted by atomic mass is 16.1. The molecular formula is C17H19N3O. The molecule has 21 heavy (non-hydrogen) atoms. The number of hydrogen-bond donors (Lipinski definition) is 3. The number of para-hydroxylation sites is 1. The minimum absolute atomic E-state index is 0.247. The Morgan fingerprint density at radius 2 is 2.00 bits per heavy atom. The number of nitrogens with one attached hydrogen (secondary N) is 1. The molecule has 1 unspecified atom stereocenters. The molecule has 1 atom stereocenters. The standard InChI is InChI=1S/C17H19N3O/c1-3-16(21)20-15-10-12(9-8-11(15)2)17(19)13-6-4-5-7-14(13)18/h3-10,17H,1,18-19H2,2H3,(H,20,21). The summed E-state index contributed by atoms with van der Waals surface area (Å²) in [6, 6.07) is 12.9. The molecule has 0 saturated carbocycles. The van der Waals surface area contributed by atoms with Gasteiger partial charge in [-0.15, -0.1) is 0 Å². The number of carbonyl (C=O) groups is 1. The Kier molecular flexibility index (Phi) is 4.40. The lowest BCUT2D eigenvalue weighted by molar-refractivity contribution is -0.111. The van der Waals surface area contributed by atoms with Crippen molar-refractivity contribution in [2.24, 2.45) is 5.73 Å². The van der Waals surface area contributed by atoms with Crippen LogP contribution in [0, 0.1) is 6.92 Å². The molecule has 1 amide bonds. The molecule has 0 heterocycles. The van der Waals surface area contributed by atoms with E-state index < -0.39 is 0 Å². The first-order chi connectivity index (χ1) is 10.0. The van der Waals surface area contributed by atoms with Crippen LogP contribution in [0.25, 0.3) is 0 Å². The van der Waals surface area contributed by atoms with Gasteiger partial charge in [0, 0.05) is 11.4 Å². The lowest BCUT2D eigenvalue weighted by atomic mass is 9.96. The first kappa shape index (κ1) is 14.8. The van der Waals surface area contributed by atoms with Gasteiger partial charge in [0.15, 0.2) is 0 Å². The van der Waals surface area contributed by atoms with E-state index in [1.54, 1.807) is 0 Å². The van der Waals surface area contributed by atoms with Gasteiger partial charge in [-0.2, -0.15) is 0 Å². The van der Waals surface area contributed by atoms with Crippen molar-refractivity contribution in [3.63, 3.8) is 0 Å². The summed E-state index contributed by atoms with van der Waals surface area (Å²) in [7, 11) is 0. The van der Waals surface area contributed by atoms with Crippen LogP contribution in [0.4, 0.5) is 11.4 Å². The number of nitrogens with two attached hydrogens (primary N) is 2. The fourth-order valence-corrected chi connectivity index (χ4v) is 2.13. The zero-order valence-corrected chi connectivity index (χ0v) is 12.0. The third-order valence-electron chi connectivity index (χ3n) is 3.40. The molecule has 2 aromatic carbocycles. The Morgan fingerprint density at radius 1 is 1.29 bits per heavy atom. The quantitative estimate of drug-likeness (QED) is 0.595. The van der Waals surface area contributed by atoms with Gasteiger partial charge in [0.05, 0.1) is 6.04 Å². The molecule has 2 rings (SSSR count). The summed E-state index contributed by atoms with van der Waals surface area (Å²) in [5.41, 5.74) is 16.3. The van der Waals surface area contributed by atoms with Crippen molar-refractivity contribution in [3.05, 3.63) is 71.8 Å². The second kappa shape index (κ2) is 6.24. The first-order valence-electron chi connectivity index (χ1n) is 6.67. The van der Waals surface area contributed by atoms with Gasteiger partial charge in [-0.3, -0.25) is 4.79 Å². The number of anilines is 2. The molecule has 0 aliphatic heterocycles. The predicted octanol–water partition coefficient (Wildman–Crippen LogP) is 2.75. The summed E-state index contributed by atoms with van der Waals surface area (Å²) in [5, 5.41) is 2.78. The number of benzene rings is 2. The van der Waals surface area contributed by atoms with Crippen LogP contribution in [0.3, 0.4) is 0 Å². The largest absolute Gasteiger partial charge is 0.398 e. The second-order valence-electron chi connectivity index (χ2n) is 4.87. The molecule has 0 aliphatic rings. The van der Waals surface area contributed by atoms with E-state index in [1.807, 2.05) is 49.4 Å². The van der Waals surface area contributed by atoms with Crippen LogP contribution in [0.15, 0.2) is 55.1 Å². The summed E-state index contributed by atoms with van der Waals surface area (Å²) in [5.74, 6) is -0.247. The lowest BCUT2D eigenvalue weighted by Crippen LogP contribution is -2.15. The van der Waals surface area contributed by atoms with E-state index in [0.717, 1.165) is 22.4 Å². The molecule has 0 spiro atoms. The van der Waals surface area contributed by atoms with Crippen molar-refractivity contribution in [2.75, 3.05) is 11.1 Å². The third kappa shape index (κ3) is 3.30. The monoisotopic (exact) mass is 281 g/mol. The summed E-state index contributed by atoms with van der Waals surface area (Å²) in [4.78, 5) is 11.5. The first-order valence-corrected chi connectivity index (χ1v) is 6.67. The number of hydrogen-bond acceptors (Lipinski definition) is 3. The summed E-state index contributed by atoms with van der Waals surface area (Å²) in [6.45, 7) is 5.37. The highest BCUT2D eigenvalue weighted by Gasteiger charge is 2.13. The number of amides is 1. The van der Waals surface area contributed by atoms with Gasteiger partial charge in [0.2, 0.25) is 5.91 Å². The van der Waals surface area contributed by atoms with Gasteiger partial charge in [-0.05, 0) is 41.8 Å². The Balaban J connectivity index is 2.36. The number of nitrogen functional groups attached to an aromatic ring is 1. The fourth-order valence-electron chi connectivity index (χ4n) is 2.13. The average molecular weight is 281 g/mol. The molecule has 0 saturated heterocycles. The van der Waals surface area contributed by atoms with E-state index >= 15 is 0 Å². The molecular weight excluding hydrogens is 262 g/mol. The number of carbonyl (C=O) groups excluding carboxylic acids is 1. The van der Waals surface area contributed by atoms with Crippen LogP contribution in [0.5, 0.6) is 0 Å². The zero-order chi connectivity index (χ0) is 15.4. The third-order valence-corrected chi connectivity index (χ3v) is 3.40. The second-order valence-corrected chi connectivity index (χ2v) is 4.87. The van der Waals surface area contributed by atoms with Gasteiger partial charge in [0.25, 0.3) is 0 Å². The Morgan fingerprint density at radius 3 is 2.67 bits per heavy atom. The van der Waals surface area contributed by atoms with E-state index in [-0.39, 0.29) is 11.9 Å². The number of rotatable bonds is 4. The normalized spacial score (nSPS) is 11.7. The van der Waals surface area contributed by atoms with Crippen LogP contribution < -0.4 is 16.8 Å². The van der Waals surface area contributed by atoms with Crippen LogP contribution in [0.1, 0.15) is 22.7 Å². The van der Waals surface area contributed by atoms with E-state index in [2.05, 4.69) is 11.9 Å². The van der Waals surface area contributed by atoms with Crippen molar-refractivity contribution in [1.29, 1.82) is 0 Å². The van der Waals surface area contributed by atoms with Gasteiger partial charge in [-0.1, -0.05) is 36.9 Å². The molecule has 0 aromatic heterocycles. The van der Waals surface area contributed by atoms with Gasteiger partial charge in [0.1, 0.15) is 0 Å². The van der Waals surface area contributed by atoms with Crippen molar-refractivity contribution in [3.8, 4) is 0 Å². The molecule has 0 fully saturated rings. The van der Waals surface area contributed by atoms with Gasteiger partial charge >= 0.3 is 0 Å². The minimum atomic E-state index is -0.341. The zero-order valence-electron chi connectivity index (χ0n) is 12.0. The Labute approximate surface area is 124 Å².